The van der Waals surface area contributed by atoms with Gasteiger partial charge in [0.15, 0.2) is 0 Å². The smallest absolute Gasteiger partial charge is 0.455 e. The molecule has 2 aromatic carbocycles. The number of nitrogen functional groups attached to an aromatic ring is 1. The molecule has 0 bridgehead atoms. The third-order valence-corrected chi connectivity index (χ3v) is 7.72. The lowest BCUT2D eigenvalue weighted by Crippen LogP contribution is -2.43. The zero-order valence-corrected chi connectivity index (χ0v) is 30.8. The average Bonchev–Trinajstić information content (AvgIpc) is 3.05. The number of nitrogens with two attached hydrogens (primary N) is 1. The van der Waals surface area contributed by atoms with Crippen molar-refractivity contribution in [3.05, 3.63) is 65.2 Å². The molecule has 2 atom stereocenters. The highest BCUT2D eigenvalue weighted by atomic mass is 19.4. The summed E-state index contributed by atoms with van der Waals surface area (Å²) in [6.45, 7) is 0.233. The van der Waals surface area contributed by atoms with Gasteiger partial charge in [0.2, 0.25) is 0 Å². The fourth-order valence-electron chi connectivity index (χ4n) is 4.41. The van der Waals surface area contributed by atoms with E-state index in [0.717, 1.165) is 5.56 Å². The normalized spacial score (nSPS) is 15.3. The van der Waals surface area contributed by atoms with E-state index in [1.54, 1.807) is 32.9 Å². The van der Waals surface area contributed by atoms with Crippen LogP contribution in [0.2, 0.25) is 0 Å². The highest BCUT2D eigenvalue weighted by molar-refractivity contribution is 5.90. The quantitative estimate of drug-likeness (QED) is 0.0716. The summed E-state index contributed by atoms with van der Waals surface area (Å²) in [6, 6.07) is 11.8. The largest absolute Gasteiger partial charge is 0.461 e. The lowest BCUT2D eigenvalue weighted by atomic mass is 9.92. The van der Waals surface area contributed by atoms with Gasteiger partial charge in [-0.2, -0.15) is 43.9 Å². The van der Waals surface area contributed by atoms with Crippen molar-refractivity contribution in [1.82, 2.24) is 0 Å². The number of rotatable bonds is 22. The molecule has 0 aliphatic heterocycles. The summed E-state index contributed by atoms with van der Waals surface area (Å²) in [6.07, 6.45) is -11.7. The van der Waals surface area contributed by atoms with Gasteiger partial charge in [0.05, 0.1) is 50.8 Å². The lowest BCUT2D eigenvalue weighted by molar-refractivity contribution is -0.298. The zero-order valence-electron chi connectivity index (χ0n) is 30.8. The number of alkyl halides is 10. The Morgan fingerprint density at radius 1 is 0.491 bits per heavy atom. The predicted octanol–water partition coefficient (Wildman–Crippen LogP) is 8.09. The highest BCUT2D eigenvalue weighted by Crippen LogP contribution is 2.37. The molecule has 0 heterocycles. The molecule has 0 saturated heterocycles. The molecule has 55 heavy (non-hydrogen) atoms. The number of carbonyl (C=O) groups is 2. The van der Waals surface area contributed by atoms with Crippen LogP contribution in [0.1, 0.15) is 54.0 Å². The van der Waals surface area contributed by atoms with E-state index in [4.69, 9.17) is 34.2 Å². The van der Waals surface area contributed by atoms with E-state index in [-0.39, 0.29) is 37.6 Å². The van der Waals surface area contributed by atoms with Crippen molar-refractivity contribution >= 4 is 17.6 Å². The number of halogens is 10. The fourth-order valence-corrected chi connectivity index (χ4v) is 4.41. The van der Waals surface area contributed by atoms with E-state index in [1.807, 2.05) is 0 Å². The minimum absolute atomic E-state index is 0.0802. The molecular formula is C36H45F10NO8. The van der Waals surface area contributed by atoms with Crippen LogP contribution < -0.4 is 5.73 Å². The van der Waals surface area contributed by atoms with E-state index in [1.165, 1.54) is 50.2 Å². The Kier molecular flexibility index (Phi) is 16.4. The van der Waals surface area contributed by atoms with E-state index < -0.39 is 92.0 Å². The number of ether oxygens (including phenoxy) is 6. The lowest BCUT2D eigenvalue weighted by Gasteiger charge is -2.33. The Labute approximate surface area is 311 Å². The number of anilines is 1. The van der Waals surface area contributed by atoms with Crippen molar-refractivity contribution in [2.24, 2.45) is 16.2 Å². The van der Waals surface area contributed by atoms with Gasteiger partial charge in [0.1, 0.15) is 26.4 Å². The van der Waals surface area contributed by atoms with E-state index in [0.29, 0.717) is 5.69 Å². The molecular weight excluding hydrogens is 764 g/mol. The van der Waals surface area contributed by atoms with Gasteiger partial charge in [-0.25, -0.2) is 9.59 Å². The summed E-state index contributed by atoms with van der Waals surface area (Å²) < 4.78 is 162. The predicted molar refractivity (Wildman–Crippen MR) is 178 cm³/mol. The van der Waals surface area contributed by atoms with Crippen molar-refractivity contribution in [2.45, 2.75) is 58.8 Å². The van der Waals surface area contributed by atoms with Crippen LogP contribution in [0.3, 0.4) is 0 Å². The number of hydrogen-bond acceptors (Lipinski definition) is 9. The molecule has 9 nitrogen and oxygen atoms in total. The maximum Gasteiger partial charge on any atom is 0.455 e. The highest BCUT2D eigenvalue weighted by Gasteiger charge is 2.58. The number of benzene rings is 2. The van der Waals surface area contributed by atoms with Crippen LogP contribution in [-0.2, 0) is 28.4 Å². The maximum atomic E-state index is 13.5. The third-order valence-electron chi connectivity index (χ3n) is 7.72. The Morgan fingerprint density at radius 3 is 1.13 bits per heavy atom. The number of aryl methyl sites for hydroxylation is 1. The van der Waals surface area contributed by atoms with E-state index in [9.17, 15) is 53.5 Å². The second-order valence-corrected chi connectivity index (χ2v) is 14.8. The van der Waals surface area contributed by atoms with Gasteiger partial charge < -0.3 is 34.2 Å². The van der Waals surface area contributed by atoms with Crippen molar-refractivity contribution in [3.63, 3.8) is 0 Å². The van der Waals surface area contributed by atoms with Gasteiger partial charge in [-0.15, -0.1) is 0 Å². The van der Waals surface area contributed by atoms with Crippen LogP contribution in [0, 0.1) is 23.2 Å². The topological polar surface area (TPSA) is 116 Å². The molecule has 312 valence electrons. The van der Waals surface area contributed by atoms with E-state index >= 15 is 0 Å². The first-order valence-electron chi connectivity index (χ1n) is 16.6. The minimum atomic E-state index is -5.87. The maximum absolute atomic E-state index is 13.5. The van der Waals surface area contributed by atoms with Gasteiger partial charge >= 0.3 is 36.1 Å². The summed E-state index contributed by atoms with van der Waals surface area (Å²) >= 11 is 0. The van der Waals surface area contributed by atoms with E-state index in [2.05, 4.69) is 0 Å². The van der Waals surface area contributed by atoms with Crippen molar-refractivity contribution in [1.29, 1.82) is 0 Å². The summed E-state index contributed by atoms with van der Waals surface area (Å²) in [5.74, 6) is -12.0. The molecule has 0 spiro atoms. The van der Waals surface area contributed by atoms with Crippen molar-refractivity contribution < 1.29 is 81.9 Å². The van der Waals surface area contributed by atoms with Crippen LogP contribution in [0.5, 0.6) is 0 Å². The van der Waals surface area contributed by atoms with Gasteiger partial charge in [-0.1, -0.05) is 45.4 Å². The van der Waals surface area contributed by atoms with Crippen LogP contribution in [0.4, 0.5) is 49.6 Å². The minimum Gasteiger partial charge on any atom is -0.461 e. The van der Waals surface area contributed by atoms with Crippen molar-refractivity contribution in [2.75, 3.05) is 71.8 Å². The van der Waals surface area contributed by atoms with Crippen molar-refractivity contribution in [3.8, 4) is 0 Å². The summed E-state index contributed by atoms with van der Waals surface area (Å²) in [4.78, 5) is 25.2. The molecule has 0 aliphatic rings. The molecule has 0 aromatic heterocycles. The molecule has 2 N–H and O–H groups in total. The summed E-state index contributed by atoms with van der Waals surface area (Å²) in [7, 11) is 0. The summed E-state index contributed by atoms with van der Waals surface area (Å²) in [5, 5.41) is 0. The van der Waals surface area contributed by atoms with Crippen LogP contribution in [-0.4, -0.2) is 102 Å². The molecule has 0 amide bonds. The summed E-state index contributed by atoms with van der Waals surface area (Å²) in [5.41, 5.74) is 3.28. The Morgan fingerprint density at radius 2 is 0.800 bits per heavy atom. The second kappa shape index (κ2) is 19.0. The molecule has 0 aliphatic carbocycles. The molecule has 0 fully saturated rings. The van der Waals surface area contributed by atoms with Crippen LogP contribution >= 0.6 is 0 Å². The van der Waals surface area contributed by atoms with Crippen LogP contribution in [0.15, 0.2) is 48.5 Å². The zero-order chi connectivity index (χ0) is 41.9. The van der Waals surface area contributed by atoms with Gasteiger partial charge in [-0.05, 0) is 43.3 Å². The monoisotopic (exact) mass is 809 g/mol. The Balaban J connectivity index is 2.07. The molecule has 2 aromatic rings. The number of carbonyl (C=O) groups excluding carboxylic acids is 2. The molecule has 2 rings (SSSR count). The number of esters is 2. The first-order valence-corrected chi connectivity index (χ1v) is 16.6. The molecule has 19 heteroatoms. The molecule has 2 unspecified atom stereocenters. The Bertz CT molecular complexity index is 1410. The first kappa shape index (κ1) is 47.5. The molecule has 0 saturated carbocycles. The Hall–Kier alpha value is -3.68. The standard InChI is InChI=1S/C36H45F10NO8/c1-24-6-8-25(9-7-24)28(48)54-20-31(4,18-52-22-33(37,38)35(41,42)43)16-50-14-30(2,3)15-51-17-32(5,19-53-23-34(39,40)36(44,45)46)21-55-29(49)26-10-12-27(47)13-11-26/h6-13H,14-23,47H2,1-5H3. The van der Waals surface area contributed by atoms with Crippen LogP contribution in [0.25, 0.3) is 0 Å². The van der Waals surface area contributed by atoms with Gasteiger partial charge in [0, 0.05) is 21.9 Å². The first-order chi connectivity index (χ1) is 25.1. The SMILES string of the molecule is Cc1ccc(C(=O)OCC(C)(COCC(C)(C)COCC(C)(COCC(F)(F)C(F)(F)F)COC(=O)c2ccc(N)cc2)COCC(F)(F)C(F)(F)F)cc1. The second-order valence-electron chi connectivity index (χ2n) is 14.8. The average molecular weight is 810 g/mol. The molecule has 0 radical (unpaired) electrons. The fraction of sp³-hybridized carbons (Fsp3) is 0.611. The van der Waals surface area contributed by atoms with Gasteiger partial charge in [0.25, 0.3) is 0 Å². The number of hydrogen-bond donors (Lipinski definition) is 1. The third kappa shape index (κ3) is 15.8. The van der Waals surface area contributed by atoms with Gasteiger partial charge in [-0.3, -0.25) is 0 Å².